The predicted octanol–water partition coefficient (Wildman–Crippen LogP) is 4.93. The van der Waals surface area contributed by atoms with Crippen LogP contribution in [0.4, 0.5) is 0 Å². The van der Waals surface area contributed by atoms with E-state index in [4.69, 9.17) is 33.3 Å². The first-order valence-electron chi connectivity index (χ1n) is 8.00. The SMILES string of the molecule is Cc1cc2nc(CCCO)n(Cc3ccc(Cl)c(Cl)c3)c2cc1C. The summed E-state index contributed by atoms with van der Waals surface area (Å²) in [5.41, 5.74) is 5.65. The maximum Gasteiger partial charge on any atom is 0.110 e. The molecule has 3 rings (SSSR count). The van der Waals surface area contributed by atoms with E-state index in [1.54, 1.807) is 0 Å². The van der Waals surface area contributed by atoms with Gasteiger partial charge in [0.1, 0.15) is 5.82 Å². The molecule has 1 aromatic heterocycles. The van der Waals surface area contributed by atoms with E-state index in [2.05, 4.69) is 30.5 Å². The Morgan fingerprint density at radius 1 is 1.04 bits per heavy atom. The topological polar surface area (TPSA) is 38.1 Å². The van der Waals surface area contributed by atoms with Crippen LogP contribution in [-0.4, -0.2) is 21.3 Å². The van der Waals surface area contributed by atoms with Crippen LogP contribution in [0, 0.1) is 13.8 Å². The van der Waals surface area contributed by atoms with Crippen LogP contribution in [0.25, 0.3) is 11.0 Å². The minimum Gasteiger partial charge on any atom is -0.396 e. The number of benzene rings is 2. The number of fused-ring (bicyclic) bond motifs is 1. The summed E-state index contributed by atoms with van der Waals surface area (Å²) in [4.78, 5) is 4.78. The number of aryl methyl sites for hydroxylation is 3. The molecule has 3 aromatic rings. The second kappa shape index (κ2) is 7.14. The standard InChI is InChI=1S/C19H20Cl2N2O/c1-12-8-17-18(9-13(12)2)23(19(22-17)4-3-7-24)11-14-5-6-15(20)16(21)10-14/h5-6,8-10,24H,3-4,7,11H2,1-2H3. The van der Waals surface area contributed by atoms with Crippen molar-refractivity contribution < 1.29 is 5.11 Å². The second-order valence-electron chi connectivity index (χ2n) is 6.11. The third-order valence-electron chi connectivity index (χ3n) is 4.33. The van der Waals surface area contributed by atoms with Gasteiger partial charge in [-0.1, -0.05) is 29.3 Å². The van der Waals surface area contributed by atoms with Crippen LogP contribution in [0.15, 0.2) is 30.3 Å². The van der Waals surface area contributed by atoms with Crippen molar-refractivity contribution in [2.75, 3.05) is 6.61 Å². The third-order valence-corrected chi connectivity index (χ3v) is 5.06. The first-order valence-corrected chi connectivity index (χ1v) is 8.76. The summed E-state index contributed by atoms with van der Waals surface area (Å²) in [5, 5.41) is 10.3. The molecule has 0 spiro atoms. The number of halogens is 2. The van der Waals surface area contributed by atoms with Gasteiger partial charge in [-0.2, -0.15) is 0 Å². The summed E-state index contributed by atoms with van der Waals surface area (Å²) in [5.74, 6) is 0.982. The smallest absolute Gasteiger partial charge is 0.110 e. The molecule has 0 fully saturated rings. The zero-order valence-electron chi connectivity index (χ0n) is 13.8. The van der Waals surface area contributed by atoms with E-state index >= 15 is 0 Å². The quantitative estimate of drug-likeness (QED) is 0.698. The van der Waals surface area contributed by atoms with Gasteiger partial charge in [0.25, 0.3) is 0 Å². The molecule has 0 saturated heterocycles. The third kappa shape index (κ3) is 3.44. The molecular formula is C19H20Cl2N2O. The molecule has 0 atom stereocenters. The lowest BCUT2D eigenvalue weighted by atomic mass is 10.1. The zero-order chi connectivity index (χ0) is 17.3. The summed E-state index contributed by atoms with van der Waals surface area (Å²) in [6, 6.07) is 10.0. The number of imidazole rings is 1. The Kier molecular flexibility index (Phi) is 5.14. The zero-order valence-corrected chi connectivity index (χ0v) is 15.3. The largest absolute Gasteiger partial charge is 0.396 e. The first kappa shape index (κ1) is 17.3. The number of rotatable bonds is 5. The number of aliphatic hydroxyl groups excluding tert-OH is 1. The summed E-state index contributed by atoms with van der Waals surface area (Å²) in [6.45, 7) is 5.05. The van der Waals surface area contributed by atoms with Crippen LogP contribution in [-0.2, 0) is 13.0 Å². The highest BCUT2D eigenvalue weighted by molar-refractivity contribution is 6.42. The van der Waals surface area contributed by atoms with Crippen LogP contribution >= 0.6 is 23.2 Å². The maximum absolute atomic E-state index is 9.17. The number of hydrogen-bond acceptors (Lipinski definition) is 2. The van der Waals surface area contributed by atoms with Gasteiger partial charge in [-0.3, -0.25) is 0 Å². The summed E-state index contributed by atoms with van der Waals surface area (Å²) >= 11 is 12.2. The Morgan fingerprint density at radius 2 is 1.79 bits per heavy atom. The number of nitrogens with zero attached hydrogens (tertiary/aromatic N) is 2. The molecule has 0 saturated carbocycles. The van der Waals surface area contributed by atoms with Crippen molar-refractivity contribution in [1.29, 1.82) is 0 Å². The van der Waals surface area contributed by atoms with Gasteiger partial charge in [0.15, 0.2) is 0 Å². The first-order chi connectivity index (χ1) is 11.5. The van der Waals surface area contributed by atoms with Gasteiger partial charge >= 0.3 is 0 Å². The molecule has 0 aliphatic heterocycles. The number of aromatic nitrogens is 2. The van der Waals surface area contributed by atoms with Crippen molar-refractivity contribution in [3.63, 3.8) is 0 Å². The molecule has 5 heteroatoms. The van der Waals surface area contributed by atoms with E-state index in [9.17, 15) is 0 Å². The Balaban J connectivity index is 2.08. The lowest BCUT2D eigenvalue weighted by Gasteiger charge is -2.11. The van der Waals surface area contributed by atoms with Crippen LogP contribution in [0.5, 0.6) is 0 Å². The summed E-state index contributed by atoms with van der Waals surface area (Å²) < 4.78 is 2.21. The lowest BCUT2D eigenvalue weighted by molar-refractivity contribution is 0.287. The maximum atomic E-state index is 9.17. The molecule has 126 valence electrons. The van der Waals surface area contributed by atoms with E-state index in [-0.39, 0.29) is 6.61 Å². The molecule has 0 bridgehead atoms. The van der Waals surface area contributed by atoms with E-state index in [0.717, 1.165) is 28.8 Å². The van der Waals surface area contributed by atoms with Crippen LogP contribution < -0.4 is 0 Å². The lowest BCUT2D eigenvalue weighted by Crippen LogP contribution is -2.06. The molecule has 0 radical (unpaired) electrons. The Hall–Kier alpha value is -1.55. The van der Waals surface area contributed by atoms with Gasteiger partial charge in [0.2, 0.25) is 0 Å². The molecule has 0 amide bonds. The van der Waals surface area contributed by atoms with Crippen LogP contribution in [0.1, 0.15) is 28.9 Å². The highest BCUT2D eigenvalue weighted by Gasteiger charge is 2.13. The van der Waals surface area contributed by atoms with Gasteiger partial charge in [-0.15, -0.1) is 0 Å². The summed E-state index contributed by atoms with van der Waals surface area (Å²) in [6.07, 6.45) is 1.44. The van der Waals surface area contributed by atoms with Crippen LogP contribution in [0.2, 0.25) is 10.0 Å². The average Bonchev–Trinajstić information content (AvgIpc) is 2.86. The molecular weight excluding hydrogens is 343 g/mol. The monoisotopic (exact) mass is 362 g/mol. The molecule has 0 aliphatic carbocycles. The van der Waals surface area contributed by atoms with E-state index < -0.39 is 0 Å². The average molecular weight is 363 g/mol. The number of aliphatic hydroxyl groups is 1. The minimum absolute atomic E-state index is 0.161. The van der Waals surface area contributed by atoms with Gasteiger partial charge in [-0.05, 0) is 61.2 Å². The molecule has 1 N–H and O–H groups in total. The molecule has 2 aromatic carbocycles. The van der Waals surface area contributed by atoms with Gasteiger partial charge in [0.05, 0.1) is 21.1 Å². The molecule has 1 heterocycles. The Morgan fingerprint density at radius 3 is 2.50 bits per heavy atom. The van der Waals surface area contributed by atoms with Crippen molar-refractivity contribution in [1.82, 2.24) is 9.55 Å². The van der Waals surface area contributed by atoms with Crippen molar-refractivity contribution in [3.8, 4) is 0 Å². The highest BCUT2D eigenvalue weighted by Crippen LogP contribution is 2.26. The molecule has 24 heavy (non-hydrogen) atoms. The molecule has 0 unspecified atom stereocenters. The van der Waals surface area contributed by atoms with E-state index in [0.29, 0.717) is 23.0 Å². The fraction of sp³-hybridized carbons (Fsp3) is 0.316. The fourth-order valence-electron chi connectivity index (χ4n) is 2.85. The van der Waals surface area contributed by atoms with Crippen molar-refractivity contribution in [2.45, 2.75) is 33.2 Å². The minimum atomic E-state index is 0.161. The van der Waals surface area contributed by atoms with Gasteiger partial charge < -0.3 is 9.67 Å². The van der Waals surface area contributed by atoms with Crippen LogP contribution in [0.3, 0.4) is 0 Å². The van der Waals surface area contributed by atoms with Crippen molar-refractivity contribution in [3.05, 3.63) is 62.9 Å². The highest BCUT2D eigenvalue weighted by atomic mass is 35.5. The van der Waals surface area contributed by atoms with E-state index in [1.807, 2.05) is 18.2 Å². The van der Waals surface area contributed by atoms with Gasteiger partial charge in [0, 0.05) is 19.6 Å². The predicted molar refractivity (Wildman–Crippen MR) is 100 cm³/mol. The Labute approximate surface area is 151 Å². The van der Waals surface area contributed by atoms with Gasteiger partial charge in [-0.25, -0.2) is 4.98 Å². The fourth-order valence-corrected chi connectivity index (χ4v) is 3.18. The molecule has 0 aliphatic rings. The second-order valence-corrected chi connectivity index (χ2v) is 6.93. The van der Waals surface area contributed by atoms with Crippen molar-refractivity contribution in [2.24, 2.45) is 0 Å². The van der Waals surface area contributed by atoms with E-state index in [1.165, 1.54) is 11.1 Å². The number of hydrogen-bond donors (Lipinski definition) is 1. The van der Waals surface area contributed by atoms with Crippen molar-refractivity contribution >= 4 is 34.2 Å². The molecule has 3 nitrogen and oxygen atoms in total. The Bertz CT molecular complexity index is 887. The summed E-state index contributed by atoms with van der Waals surface area (Å²) in [7, 11) is 0. The normalized spacial score (nSPS) is 11.4.